The van der Waals surface area contributed by atoms with Crippen LogP contribution in [0.4, 0.5) is 0 Å². The van der Waals surface area contributed by atoms with Gasteiger partial charge in [-0.3, -0.25) is 10.3 Å². The van der Waals surface area contributed by atoms with Crippen molar-refractivity contribution in [1.29, 1.82) is 5.26 Å². The Morgan fingerprint density at radius 3 is 2.53 bits per heavy atom. The second kappa shape index (κ2) is 7.30. The van der Waals surface area contributed by atoms with Crippen LogP contribution >= 0.6 is 0 Å². The Hall–Kier alpha value is -2.18. The SMILES string of the molecule is N#CC(NCCCc1ccccc1)c1ccncc1. The Kier molecular flexibility index (Phi) is 5.09. The summed E-state index contributed by atoms with van der Waals surface area (Å²) in [5.74, 6) is 0. The topological polar surface area (TPSA) is 48.7 Å². The zero-order chi connectivity index (χ0) is 13.3. The van der Waals surface area contributed by atoms with Gasteiger partial charge in [-0.25, -0.2) is 0 Å². The van der Waals surface area contributed by atoms with Crippen molar-refractivity contribution in [3.05, 3.63) is 66.0 Å². The van der Waals surface area contributed by atoms with Gasteiger partial charge >= 0.3 is 0 Å². The van der Waals surface area contributed by atoms with E-state index < -0.39 is 0 Å². The van der Waals surface area contributed by atoms with Crippen molar-refractivity contribution in [3.63, 3.8) is 0 Å². The highest BCUT2D eigenvalue weighted by Crippen LogP contribution is 2.10. The summed E-state index contributed by atoms with van der Waals surface area (Å²) < 4.78 is 0. The Labute approximate surface area is 113 Å². The Morgan fingerprint density at radius 1 is 1.11 bits per heavy atom. The first-order chi connectivity index (χ1) is 9.40. The summed E-state index contributed by atoms with van der Waals surface area (Å²) in [6, 6.07) is 16.2. The molecule has 1 aromatic heterocycles. The van der Waals surface area contributed by atoms with E-state index in [4.69, 9.17) is 5.26 Å². The van der Waals surface area contributed by atoms with Gasteiger partial charge in [0.1, 0.15) is 6.04 Å². The van der Waals surface area contributed by atoms with Crippen molar-refractivity contribution < 1.29 is 0 Å². The lowest BCUT2D eigenvalue weighted by atomic mass is 10.1. The molecule has 1 atom stereocenters. The van der Waals surface area contributed by atoms with E-state index >= 15 is 0 Å². The smallest absolute Gasteiger partial charge is 0.121 e. The molecule has 0 amide bonds. The molecular formula is C16H17N3. The molecule has 2 rings (SSSR count). The standard InChI is InChI=1S/C16H17N3/c17-13-16(15-8-11-18-12-9-15)19-10-4-7-14-5-2-1-3-6-14/h1-3,5-6,8-9,11-12,16,19H,4,7,10H2. The monoisotopic (exact) mass is 251 g/mol. The quantitative estimate of drug-likeness (QED) is 0.803. The third-order valence-corrected chi connectivity index (χ3v) is 3.00. The molecule has 0 bridgehead atoms. The molecule has 3 heteroatoms. The molecule has 19 heavy (non-hydrogen) atoms. The highest BCUT2D eigenvalue weighted by molar-refractivity contribution is 5.21. The van der Waals surface area contributed by atoms with Gasteiger partial charge in [-0.15, -0.1) is 0 Å². The van der Waals surface area contributed by atoms with Crippen LogP contribution in [0.5, 0.6) is 0 Å². The van der Waals surface area contributed by atoms with E-state index in [2.05, 4.69) is 40.6 Å². The highest BCUT2D eigenvalue weighted by atomic mass is 14.9. The summed E-state index contributed by atoms with van der Waals surface area (Å²) in [4.78, 5) is 3.96. The molecular weight excluding hydrogens is 234 g/mol. The van der Waals surface area contributed by atoms with E-state index in [9.17, 15) is 0 Å². The summed E-state index contributed by atoms with van der Waals surface area (Å²) in [5.41, 5.74) is 2.30. The Bertz CT molecular complexity index is 517. The molecule has 0 saturated carbocycles. The van der Waals surface area contributed by atoms with E-state index in [1.165, 1.54) is 5.56 Å². The van der Waals surface area contributed by atoms with Crippen LogP contribution in [0.1, 0.15) is 23.6 Å². The molecule has 2 aromatic rings. The zero-order valence-corrected chi connectivity index (χ0v) is 10.8. The molecule has 1 heterocycles. The number of nitrogens with one attached hydrogen (secondary N) is 1. The second-order valence-corrected chi connectivity index (χ2v) is 4.39. The fourth-order valence-electron chi connectivity index (χ4n) is 1.98. The van der Waals surface area contributed by atoms with E-state index in [-0.39, 0.29) is 6.04 Å². The summed E-state index contributed by atoms with van der Waals surface area (Å²) >= 11 is 0. The van der Waals surface area contributed by atoms with Crippen molar-refractivity contribution in [2.45, 2.75) is 18.9 Å². The van der Waals surface area contributed by atoms with Gasteiger partial charge < -0.3 is 0 Å². The molecule has 0 aliphatic carbocycles. The summed E-state index contributed by atoms with van der Waals surface area (Å²) in [6.45, 7) is 0.829. The van der Waals surface area contributed by atoms with Crippen LogP contribution < -0.4 is 5.32 Å². The maximum absolute atomic E-state index is 9.16. The van der Waals surface area contributed by atoms with Gasteiger partial charge in [-0.2, -0.15) is 5.26 Å². The Balaban J connectivity index is 1.77. The number of benzene rings is 1. The van der Waals surface area contributed by atoms with Crippen molar-refractivity contribution in [3.8, 4) is 6.07 Å². The van der Waals surface area contributed by atoms with Crippen LogP contribution in [0.25, 0.3) is 0 Å². The summed E-state index contributed by atoms with van der Waals surface area (Å²) in [5, 5.41) is 12.4. The number of aryl methyl sites for hydroxylation is 1. The first kappa shape index (κ1) is 13.3. The van der Waals surface area contributed by atoms with Gasteiger partial charge in [0.05, 0.1) is 6.07 Å². The molecule has 96 valence electrons. The molecule has 0 fully saturated rings. The Morgan fingerprint density at radius 2 is 1.84 bits per heavy atom. The van der Waals surface area contributed by atoms with E-state index in [1.807, 2.05) is 18.2 Å². The third-order valence-electron chi connectivity index (χ3n) is 3.00. The van der Waals surface area contributed by atoms with Crippen molar-refractivity contribution in [1.82, 2.24) is 10.3 Å². The average Bonchev–Trinajstić information content (AvgIpc) is 2.49. The van der Waals surface area contributed by atoms with Gasteiger partial charge in [-0.05, 0) is 42.6 Å². The number of aromatic nitrogens is 1. The number of rotatable bonds is 6. The zero-order valence-electron chi connectivity index (χ0n) is 10.8. The molecule has 1 aromatic carbocycles. The number of pyridine rings is 1. The predicted octanol–water partition coefficient (Wildman–Crippen LogP) is 2.87. The third kappa shape index (κ3) is 4.20. The summed E-state index contributed by atoms with van der Waals surface area (Å²) in [7, 11) is 0. The van der Waals surface area contributed by atoms with E-state index in [0.717, 1.165) is 24.9 Å². The minimum absolute atomic E-state index is 0.251. The fraction of sp³-hybridized carbons (Fsp3) is 0.250. The molecule has 1 unspecified atom stereocenters. The van der Waals surface area contributed by atoms with E-state index in [1.54, 1.807) is 12.4 Å². The first-order valence-electron chi connectivity index (χ1n) is 6.47. The van der Waals surface area contributed by atoms with Crippen LogP contribution in [-0.2, 0) is 6.42 Å². The lowest BCUT2D eigenvalue weighted by Gasteiger charge is -2.11. The molecule has 0 radical (unpaired) electrons. The van der Waals surface area contributed by atoms with Crippen LogP contribution in [0.2, 0.25) is 0 Å². The van der Waals surface area contributed by atoms with Gasteiger partial charge in [0, 0.05) is 12.4 Å². The lowest BCUT2D eigenvalue weighted by Crippen LogP contribution is -2.21. The number of nitriles is 1. The summed E-state index contributed by atoms with van der Waals surface area (Å²) in [6.07, 6.45) is 5.48. The van der Waals surface area contributed by atoms with Crippen LogP contribution in [0, 0.1) is 11.3 Å². The highest BCUT2D eigenvalue weighted by Gasteiger charge is 2.08. The molecule has 0 spiro atoms. The van der Waals surface area contributed by atoms with Crippen LogP contribution in [0.3, 0.4) is 0 Å². The first-order valence-corrected chi connectivity index (χ1v) is 6.47. The molecule has 0 saturated heterocycles. The molecule has 0 aliphatic rings. The van der Waals surface area contributed by atoms with Crippen LogP contribution in [0.15, 0.2) is 54.9 Å². The minimum Gasteiger partial charge on any atom is -0.298 e. The maximum Gasteiger partial charge on any atom is 0.121 e. The van der Waals surface area contributed by atoms with Crippen molar-refractivity contribution >= 4 is 0 Å². The number of hydrogen-bond acceptors (Lipinski definition) is 3. The number of hydrogen-bond donors (Lipinski definition) is 1. The minimum atomic E-state index is -0.251. The maximum atomic E-state index is 9.16. The van der Waals surface area contributed by atoms with E-state index in [0.29, 0.717) is 0 Å². The molecule has 1 N–H and O–H groups in total. The molecule has 3 nitrogen and oxygen atoms in total. The van der Waals surface area contributed by atoms with Gasteiger partial charge in [0.2, 0.25) is 0 Å². The predicted molar refractivity (Wildman–Crippen MR) is 75.4 cm³/mol. The largest absolute Gasteiger partial charge is 0.298 e. The molecule has 0 aliphatic heterocycles. The van der Waals surface area contributed by atoms with Crippen molar-refractivity contribution in [2.24, 2.45) is 0 Å². The van der Waals surface area contributed by atoms with Gasteiger partial charge in [-0.1, -0.05) is 30.3 Å². The van der Waals surface area contributed by atoms with Gasteiger partial charge in [0.25, 0.3) is 0 Å². The fourth-order valence-corrected chi connectivity index (χ4v) is 1.98. The van der Waals surface area contributed by atoms with Crippen LogP contribution in [-0.4, -0.2) is 11.5 Å². The number of nitrogens with zero attached hydrogens (tertiary/aromatic N) is 2. The second-order valence-electron chi connectivity index (χ2n) is 4.39. The van der Waals surface area contributed by atoms with Crippen molar-refractivity contribution in [2.75, 3.05) is 6.54 Å². The normalized spacial score (nSPS) is 11.7. The average molecular weight is 251 g/mol. The lowest BCUT2D eigenvalue weighted by molar-refractivity contribution is 0.603. The van der Waals surface area contributed by atoms with Gasteiger partial charge in [0.15, 0.2) is 0 Å².